The Morgan fingerprint density at radius 2 is 1.68 bits per heavy atom. The van der Waals surface area contributed by atoms with Crippen LogP contribution in [0.3, 0.4) is 0 Å². The average Bonchev–Trinajstić information content (AvgIpc) is 3.16. The molecule has 3 atom stereocenters. The molecule has 1 aliphatic heterocycles. The standard InChI is InChI=1S/C30H33NO6/c1-2-20-37-30(16-12-22(13-17-30)21-8-4-3-5-9-21)18-14-26(32)25(29(35)36)15-19-31-27(33)23-10-6-7-11-24(23)28(31)34/h3-13,16,25-26,32H,2,14-15,17-20H2,1H3,(H,35,36). The predicted molar refractivity (Wildman–Crippen MR) is 140 cm³/mol. The Balaban J connectivity index is 1.39. The number of carbonyl (C=O) groups excluding carboxylic acids is 2. The predicted octanol–water partition coefficient (Wildman–Crippen LogP) is 4.72. The Bertz CT molecular complexity index is 1170. The van der Waals surface area contributed by atoms with Gasteiger partial charge < -0.3 is 14.9 Å². The summed E-state index contributed by atoms with van der Waals surface area (Å²) in [7, 11) is 0. The average molecular weight is 504 g/mol. The zero-order chi connectivity index (χ0) is 26.4. The van der Waals surface area contributed by atoms with Crippen LogP contribution in [0.1, 0.15) is 65.3 Å². The van der Waals surface area contributed by atoms with Gasteiger partial charge in [-0.15, -0.1) is 0 Å². The number of carboxylic acids is 1. The topological polar surface area (TPSA) is 104 Å². The Morgan fingerprint density at radius 1 is 1.03 bits per heavy atom. The number of aliphatic carboxylic acids is 1. The van der Waals surface area contributed by atoms with Crippen LogP contribution in [0.25, 0.3) is 5.57 Å². The molecule has 3 unspecified atom stereocenters. The van der Waals surface area contributed by atoms with Crippen LogP contribution in [-0.4, -0.2) is 57.8 Å². The minimum absolute atomic E-state index is 0.0291. The van der Waals surface area contributed by atoms with E-state index in [1.54, 1.807) is 24.3 Å². The molecule has 7 heteroatoms. The number of imide groups is 1. The van der Waals surface area contributed by atoms with E-state index in [9.17, 15) is 24.6 Å². The van der Waals surface area contributed by atoms with Crippen LogP contribution in [-0.2, 0) is 9.53 Å². The lowest BCUT2D eigenvalue weighted by Gasteiger charge is -2.34. The van der Waals surface area contributed by atoms with Crippen molar-refractivity contribution in [1.82, 2.24) is 4.90 Å². The van der Waals surface area contributed by atoms with Gasteiger partial charge in [0.25, 0.3) is 11.8 Å². The highest BCUT2D eigenvalue weighted by atomic mass is 16.5. The molecule has 0 spiro atoms. The number of hydrogen-bond acceptors (Lipinski definition) is 5. The normalized spacial score (nSPS) is 20.5. The van der Waals surface area contributed by atoms with E-state index >= 15 is 0 Å². The van der Waals surface area contributed by atoms with E-state index in [-0.39, 0.29) is 19.4 Å². The lowest BCUT2D eigenvalue weighted by molar-refractivity contribution is -0.146. The highest BCUT2D eigenvalue weighted by Crippen LogP contribution is 2.34. The molecule has 2 aromatic carbocycles. The molecule has 2 amide bonds. The molecule has 2 aromatic rings. The maximum absolute atomic E-state index is 12.6. The number of rotatable bonds is 12. The number of amides is 2. The van der Waals surface area contributed by atoms with Gasteiger partial charge in [-0.1, -0.05) is 67.6 Å². The van der Waals surface area contributed by atoms with Gasteiger partial charge in [0.05, 0.1) is 28.7 Å². The van der Waals surface area contributed by atoms with Crippen LogP contribution in [0, 0.1) is 5.92 Å². The van der Waals surface area contributed by atoms with Gasteiger partial charge in [-0.05, 0) is 55.4 Å². The zero-order valence-corrected chi connectivity index (χ0v) is 21.0. The van der Waals surface area contributed by atoms with E-state index in [1.807, 2.05) is 49.4 Å². The number of aliphatic hydroxyl groups is 1. The van der Waals surface area contributed by atoms with E-state index in [4.69, 9.17) is 4.74 Å². The summed E-state index contributed by atoms with van der Waals surface area (Å²) < 4.78 is 6.21. The molecule has 2 N–H and O–H groups in total. The van der Waals surface area contributed by atoms with Crippen LogP contribution in [0.4, 0.5) is 0 Å². The smallest absolute Gasteiger partial charge is 0.309 e. The second-order valence-corrected chi connectivity index (χ2v) is 9.62. The molecule has 1 heterocycles. The van der Waals surface area contributed by atoms with Gasteiger partial charge in [-0.2, -0.15) is 0 Å². The summed E-state index contributed by atoms with van der Waals surface area (Å²) in [5.74, 6) is -3.13. The van der Waals surface area contributed by atoms with Crippen molar-refractivity contribution in [3.05, 3.63) is 89.5 Å². The molecule has 37 heavy (non-hydrogen) atoms. The Kier molecular flexibility index (Phi) is 8.36. The molecule has 0 saturated heterocycles. The third kappa shape index (κ3) is 5.89. The first-order valence-electron chi connectivity index (χ1n) is 12.8. The number of carbonyl (C=O) groups is 3. The number of fused-ring (bicyclic) bond motifs is 1. The number of ether oxygens (including phenoxy) is 1. The number of benzene rings is 2. The van der Waals surface area contributed by atoms with E-state index in [0.717, 1.165) is 22.5 Å². The van der Waals surface area contributed by atoms with Gasteiger partial charge >= 0.3 is 5.97 Å². The fourth-order valence-corrected chi connectivity index (χ4v) is 4.96. The largest absolute Gasteiger partial charge is 0.481 e. The van der Waals surface area contributed by atoms with Crippen LogP contribution >= 0.6 is 0 Å². The molecule has 7 nitrogen and oxygen atoms in total. The number of carboxylic acid groups (broad SMARTS) is 1. The van der Waals surface area contributed by atoms with Crippen molar-refractivity contribution < 1.29 is 29.3 Å². The molecule has 0 radical (unpaired) electrons. The number of nitrogens with zero attached hydrogens (tertiary/aromatic N) is 1. The van der Waals surface area contributed by atoms with Gasteiger partial charge in [-0.25, -0.2) is 0 Å². The van der Waals surface area contributed by atoms with Gasteiger partial charge in [0.15, 0.2) is 0 Å². The minimum Gasteiger partial charge on any atom is -0.481 e. The van der Waals surface area contributed by atoms with Crippen molar-refractivity contribution in [3.8, 4) is 0 Å². The van der Waals surface area contributed by atoms with Crippen molar-refractivity contribution >= 4 is 23.4 Å². The summed E-state index contributed by atoms with van der Waals surface area (Å²) in [5.41, 5.74) is 2.23. The summed E-state index contributed by atoms with van der Waals surface area (Å²) in [6.45, 7) is 2.51. The lowest BCUT2D eigenvalue weighted by atomic mass is 9.83. The highest BCUT2D eigenvalue weighted by Gasteiger charge is 2.38. The molecule has 0 fully saturated rings. The van der Waals surface area contributed by atoms with Crippen molar-refractivity contribution in [2.75, 3.05) is 13.2 Å². The molecule has 1 aliphatic carbocycles. The highest BCUT2D eigenvalue weighted by molar-refractivity contribution is 6.21. The van der Waals surface area contributed by atoms with Crippen LogP contribution in [0.2, 0.25) is 0 Å². The van der Waals surface area contributed by atoms with Crippen LogP contribution < -0.4 is 0 Å². The first kappa shape index (κ1) is 26.5. The molecule has 0 bridgehead atoms. The summed E-state index contributed by atoms with van der Waals surface area (Å²) >= 11 is 0. The zero-order valence-electron chi connectivity index (χ0n) is 21.0. The van der Waals surface area contributed by atoms with Crippen molar-refractivity contribution in [2.45, 2.75) is 50.7 Å². The van der Waals surface area contributed by atoms with E-state index in [0.29, 0.717) is 30.6 Å². The maximum atomic E-state index is 12.6. The van der Waals surface area contributed by atoms with E-state index in [2.05, 4.69) is 6.08 Å². The van der Waals surface area contributed by atoms with Crippen molar-refractivity contribution in [2.24, 2.45) is 5.92 Å². The van der Waals surface area contributed by atoms with E-state index < -0.39 is 35.4 Å². The Hall–Kier alpha value is -3.55. The van der Waals surface area contributed by atoms with Gasteiger partial charge in [0.1, 0.15) is 0 Å². The van der Waals surface area contributed by atoms with E-state index in [1.165, 1.54) is 0 Å². The SMILES string of the molecule is CCCOC1(CCC(O)C(CCN2C(=O)c3ccccc3C2=O)C(=O)O)C=CC(c2ccccc2)=CC1. The Labute approximate surface area is 217 Å². The lowest BCUT2D eigenvalue weighted by Crippen LogP contribution is -2.38. The third-order valence-electron chi connectivity index (χ3n) is 7.12. The van der Waals surface area contributed by atoms with Crippen LogP contribution in [0.15, 0.2) is 72.8 Å². The fraction of sp³-hybridized carbons (Fsp3) is 0.367. The monoisotopic (exact) mass is 503 g/mol. The molecule has 194 valence electrons. The number of allylic oxidation sites excluding steroid dienone is 2. The number of aliphatic hydroxyl groups excluding tert-OH is 1. The van der Waals surface area contributed by atoms with Crippen LogP contribution in [0.5, 0.6) is 0 Å². The summed E-state index contributed by atoms with van der Waals surface area (Å²) in [6.07, 6.45) is 7.10. The quantitative estimate of drug-likeness (QED) is 0.406. The fourth-order valence-electron chi connectivity index (χ4n) is 4.96. The van der Waals surface area contributed by atoms with Gasteiger partial charge in [0, 0.05) is 13.2 Å². The molecular weight excluding hydrogens is 470 g/mol. The molecular formula is C30H33NO6. The second kappa shape index (κ2) is 11.7. The molecule has 0 saturated carbocycles. The first-order chi connectivity index (χ1) is 17.8. The third-order valence-corrected chi connectivity index (χ3v) is 7.12. The summed E-state index contributed by atoms with van der Waals surface area (Å²) in [5, 5.41) is 20.7. The van der Waals surface area contributed by atoms with Gasteiger partial charge in [0.2, 0.25) is 0 Å². The second-order valence-electron chi connectivity index (χ2n) is 9.62. The number of hydrogen-bond donors (Lipinski definition) is 2. The maximum Gasteiger partial charge on any atom is 0.309 e. The minimum atomic E-state index is -1.15. The van der Waals surface area contributed by atoms with Crippen molar-refractivity contribution in [1.29, 1.82) is 0 Å². The molecule has 2 aliphatic rings. The van der Waals surface area contributed by atoms with Crippen molar-refractivity contribution in [3.63, 3.8) is 0 Å². The molecule has 0 aromatic heterocycles. The summed E-state index contributed by atoms with van der Waals surface area (Å²) in [4.78, 5) is 38.4. The molecule has 4 rings (SSSR count). The summed E-state index contributed by atoms with van der Waals surface area (Å²) in [6, 6.07) is 16.6. The first-order valence-corrected chi connectivity index (χ1v) is 12.8. The van der Waals surface area contributed by atoms with Gasteiger partial charge in [-0.3, -0.25) is 19.3 Å². The Morgan fingerprint density at radius 3 is 2.24 bits per heavy atom.